The number of aliphatic hydroxyl groups is 1. The quantitative estimate of drug-likeness (QED) is 0.687. The van der Waals surface area contributed by atoms with Crippen LogP contribution in [0.25, 0.3) is 11.0 Å². The molecule has 3 N–H and O–H groups in total. The van der Waals surface area contributed by atoms with E-state index in [0.717, 1.165) is 0 Å². The Morgan fingerprint density at radius 2 is 2.05 bits per heavy atom. The number of β-amino-alcohol motifs (C(OH)–C–C–N with tert-alkyl or cyclic N) is 1. The number of aromatic amines is 1. The van der Waals surface area contributed by atoms with Gasteiger partial charge in [0.05, 0.1) is 6.10 Å². The molecular formula is C12H12N4O4. The van der Waals surface area contributed by atoms with E-state index in [9.17, 15) is 14.7 Å². The van der Waals surface area contributed by atoms with Crippen LogP contribution in [0.3, 0.4) is 0 Å². The number of aromatic nitrogens is 3. The summed E-state index contributed by atoms with van der Waals surface area (Å²) in [6, 6.07) is 3.75. The minimum absolute atomic E-state index is 0.0205. The topological polar surface area (TPSA) is 119 Å². The van der Waals surface area contributed by atoms with Gasteiger partial charge in [0.1, 0.15) is 17.1 Å². The van der Waals surface area contributed by atoms with E-state index in [0.29, 0.717) is 16.6 Å². The number of rotatable bonds is 2. The summed E-state index contributed by atoms with van der Waals surface area (Å²) >= 11 is 0. The van der Waals surface area contributed by atoms with E-state index in [4.69, 9.17) is 5.11 Å². The number of aliphatic hydroxyl groups excluding tert-OH is 1. The maximum absolute atomic E-state index is 12.4. The van der Waals surface area contributed by atoms with E-state index in [1.165, 1.54) is 4.90 Å². The Hall–Kier alpha value is -2.48. The number of carbonyl (C=O) groups excluding carboxylic acids is 1. The number of H-pyrrole nitrogens is 1. The van der Waals surface area contributed by atoms with E-state index in [1.54, 1.807) is 18.2 Å². The molecule has 0 aliphatic carbocycles. The third kappa shape index (κ3) is 1.99. The summed E-state index contributed by atoms with van der Waals surface area (Å²) in [4.78, 5) is 24.7. The number of hydrogen-bond acceptors (Lipinski definition) is 5. The zero-order chi connectivity index (χ0) is 14.3. The van der Waals surface area contributed by atoms with Gasteiger partial charge in [0.15, 0.2) is 0 Å². The van der Waals surface area contributed by atoms with Crippen molar-refractivity contribution >= 4 is 22.9 Å². The summed E-state index contributed by atoms with van der Waals surface area (Å²) < 4.78 is 0. The summed E-state index contributed by atoms with van der Waals surface area (Å²) in [7, 11) is 0. The molecule has 2 heterocycles. The highest BCUT2D eigenvalue weighted by Gasteiger charge is 2.39. The molecule has 1 fully saturated rings. The smallest absolute Gasteiger partial charge is 0.326 e. The van der Waals surface area contributed by atoms with E-state index in [-0.39, 0.29) is 13.0 Å². The molecule has 0 radical (unpaired) electrons. The number of carboxylic acids is 1. The highest BCUT2D eigenvalue weighted by Crippen LogP contribution is 2.22. The summed E-state index contributed by atoms with van der Waals surface area (Å²) in [5.74, 6) is -1.55. The largest absolute Gasteiger partial charge is 0.480 e. The fourth-order valence-corrected chi connectivity index (χ4v) is 2.41. The highest BCUT2D eigenvalue weighted by molar-refractivity contribution is 5.99. The minimum Gasteiger partial charge on any atom is -0.480 e. The van der Waals surface area contributed by atoms with Crippen LogP contribution >= 0.6 is 0 Å². The molecular weight excluding hydrogens is 264 g/mol. The van der Waals surface area contributed by atoms with Crippen molar-refractivity contribution in [3.8, 4) is 0 Å². The van der Waals surface area contributed by atoms with Gasteiger partial charge in [-0.25, -0.2) is 4.79 Å². The first-order valence-electron chi connectivity index (χ1n) is 6.08. The van der Waals surface area contributed by atoms with E-state index < -0.39 is 24.0 Å². The molecule has 2 atom stereocenters. The van der Waals surface area contributed by atoms with Gasteiger partial charge in [-0.15, -0.1) is 0 Å². The second-order valence-corrected chi connectivity index (χ2v) is 4.73. The molecule has 0 bridgehead atoms. The average molecular weight is 276 g/mol. The molecule has 1 aromatic carbocycles. The molecule has 3 rings (SSSR count). The molecule has 20 heavy (non-hydrogen) atoms. The molecule has 0 unspecified atom stereocenters. The van der Waals surface area contributed by atoms with Crippen LogP contribution in [0.5, 0.6) is 0 Å². The first-order valence-corrected chi connectivity index (χ1v) is 6.08. The van der Waals surface area contributed by atoms with Gasteiger partial charge in [0.2, 0.25) is 0 Å². The van der Waals surface area contributed by atoms with Crippen LogP contribution in [0.1, 0.15) is 16.8 Å². The fraction of sp³-hybridized carbons (Fsp3) is 0.333. The second-order valence-electron chi connectivity index (χ2n) is 4.73. The summed E-state index contributed by atoms with van der Waals surface area (Å²) in [5, 5.41) is 28.9. The van der Waals surface area contributed by atoms with Crippen molar-refractivity contribution < 1.29 is 19.8 Å². The Morgan fingerprint density at radius 1 is 1.30 bits per heavy atom. The molecule has 104 valence electrons. The Morgan fingerprint density at radius 3 is 2.80 bits per heavy atom. The molecule has 2 aromatic rings. The van der Waals surface area contributed by atoms with E-state index >= 15 is 0 Å². The number of fused-ring (bicyclic) bond motifs is 1. The van der Waals surface area contributed by atoms with Crippen LogP contribution < -0.4 is 0 Å². The fourth-order valence-electron chi connectivity index (χ4n) is 2.41. The van der Waals surface area contributed by atoms with Gasteiger partial charge in [-0.1, -0.05) is 0 Å². The van der Waals surface area contributed by atoms with Crippen molar-refractivity contribution in [2.75, 3.05) is 6.54 Å². The average Bonchev–Trinajstić information content (AvgIpc) is 3.02. The van der Waals surface area contributed by atoms with Crippen molar-refractivity contribution in [3.05, 3.63) is 23.8 Å². The number of carbonyl (C=O) groups is 2. The van der Waals surface area contributed by atoms with Crippen LogP contribution in [0.2, 0.25) is 0 Å². The zero-order valence-electron chi connectivity index (χ0n) is 10.4. The highest BCUT2D eigenvalue weighted by atomic mass is 16.4. The lowest BCUT2D eigenvalue weighted by Gasteiger charge is -2.21. The van der Waals surface area contributed by atoms with Gasteiger partial charge < -0.3 is 15.1 Å². The van der Waals surface area contributed by atoms with E-state index in [2.05, 4.69) is 15.4 Å². The molecule has 1 aromatic heterocycles. The van der Waals surface area contributed by atoms with Crippen molar-refractivity contribution in [3.63, 3.8) is 0 Å². The van der Waals surface area contributed by atoms with Gasteiger partial charge in [-0.2, -0.15) is 15.4 Å². The normalized spacial score (nSPS) is 22.4. The van der Waals surface area contributed by atoms with Gasteiger partial charge in [0.25, 0.3) is 5.91 Å². The minimum atomic E-state index is -1.11. The number of nitrogens with zero attached hydrogens (tertiary/aromatic N) is 3. The predicted octanol–water partition coefficient (Wildman–Crippen LogP) is -0.382. The van der Waals surface area contributed by atoms with Crippen LogP contribution in [0, 0.1) is 0 Å². The first-order chi connectivity index (χ1) is 9.56. The van der Waals surface area contributed by atoms with Crippen molar-refractivity contribution in [1.82, 2.24) is 20.3 Å². The van der Waals surface area contributed by atoms with Crippen LogP contribution in [-0.4, -0.2) is 61.1 Å². The Labute approximate surface area is 113 Å². The monoisotopic (exact) mass is 276 g/mol. The number of amides is 1. The Kier molecular flexibility index (Phi) is 2.87. The number of aliphatic carboxylic acids is 1. The Balaban J connectivity index is 1.92. The van der Waals surface area contributed by atoms with Crippen LogP contribution in [0.4, 0.5) is 0 Å². The summed E-state index contributed by atoms with van der Waals surface area (Å²) in [5.41, 5.74) is 1.48. The van der Waals surface area contributed by atoms with Gasteiger partial charge in [0, 0.05) is 18.5 Å². The van der Waals surface area contributed by atoms with Crippen molar-refractivity contribution in [1.29, 1.82) is 0 Å². The van der Waals surface area contributed by atoms with Crippen LogP contribution in [0.15, 0.2) is 18.2 Å². The number of carboxylic acid groups (broad SMARTS) is 1. The summed E-state index contributed by atoms with van der Waals surface area (Å²) in [6.07, 6.45) is -0.761. The predicted molar refractivity (Wildman–Crippen MR) is 67.0 cm³/mol. The summed E-state index contributed by atoms with van der Waals surface area (Å²) in [6.45, 7) is 0.0205. The maximum Gasteiger partial charge on any atom is 0.326 e. The van der Waals surface area contributed by atoms with Crippen molar-refractivity contribution in [2.45, 2.75) is 18.6 Å². The Bertz CT molecular complexity index is 683. The SMILES string of the molecule is O=C(O)[C@@H]1C[C@H](O)CN1C(=O)c1ccc2n[nH]nc2c1. The molecule has 1 amide bonds. The van der Waals surface area contributed by atoms with Crippen LogP contribution in [-0.2, 0) is 4.79 Å². The molecule has 1 aliphatic heterocycles. The van der Waals surface area contributed by atoms with Crippen molar-refractivity contribution in [2.24, 2.45) is 0 Å². The lowest BCUT2D eigenvalue weighted by atomic mass is 10.1. The molecule has 0 spiro atoms. The molecule has 0 saturated carbocycles. The lowest BCUT2D eigenvalue weighted by Crippen LogP contribution is -2.40. The maximum atomic E-state index is 12.4. The molecule has 1 aliphatic rings. The number of benzene rings is 1. The lowest BCUT2D eigenvalue weighted by molar-refractivity contribution is -0.141. The second kappa shape index (κ2) is 4.57. The third-order valence-electron chi connectivity index (χ3n) is 3.39. The van der Waals surface area contributed by atoms with Gasteiger partial charge in [-0.3, -0.25) is 4.79 Å². The van der Waals surface area contributed by atoms with Gasteiger partial charge in [-0.05, 0) is 18.2 Å². The molecule has 8 heteroatoms. The number of hydrogen-bond donors (Lipinski definition) is 3. The standard InChI is InChI=1S/C12H12N4O4/c17-7-4-10(12(19)20)16(5-7)11(18)6-1-2-8-9(3-6)14-15-13-8/h1-3,7,10,17H,4-5H2,(H,19,20)(H,13,14,15)/t7-,10-/m0/s1. The molecule has 1 saturated heterocycles. The molecule has 8 nitrogen and oxygen atoms in total. The van der Waals surface area contributed by atoms with E-state index in [1.807, 2.05) is 0 Å². The zero-order valence-corrected chi connectivity index (χ0v) is 10.4. The first kappa shape index (κ1) is 12.5. The number of nitrogens with one attached hydrogen (secondary N) is 1. The van der Waals surface area contributed by atoms with Gasteiger partial charge >= 0.3 is 5.97 Å². The third-order valence-corrected chi connectivity index (χ3v) is 3.39. The number of likely N-dealkylation sites (tertiary alicyclic amines) is 1.